The quantitative estimate of drug-likeness (QED) is 0.644. The Morgan fingerprint density at radius 2 is 1.86 bits per heavy atom. The third-order valence-electron chi connectivity index (χ3n) is 5.73. The molecule has 0 spiro atoms. The van der Waals surface area contributed by atoms with Crippen molar-refractivity contribution in [2.75, 3.05) is 29.1 Å². The molecule has 2 aromatic rings. The SMILES string of the molecule is CCCc1ccc(NC(=O)CSc2nnc(N3CCC(C)CC3)n2C2CC2)cc1. The van der Waals surface area contributed by atoms with Gasteiger partial charge in [0.25, 0.3) is 0 Å². The number of hydrogen-bond acceptors (Lipinski definition) is 5. The topological polar surface area (TPSA) is 63.1 Å². The molecular formula is C22H31N5OS. The summed E-state index contributed by atoms with van der Waals surface area (Å²) >= 11 is 1.49. The van der Waals surface area contributed by atoms with Crippen molar-refractivity contribution in [1.29, 1.82) is 0 Å². The molecule has 1 aromatic heterocycles. The maximum atomic E-state index is 12.4. The van der Waals surface area contributed by atoms with E-state index in [0.29, 0.717) is 11.8 Å². The molecule has 0 bridgehead atoms. The molecule has 1 aliphatic heterocycles. The summed E-state index contributed by atoms with van der Waals surface area (Å²) in [7, 11) is 0. The van der Waals surface area contributed by atoms with Gasteiger partial charge in [-0.2, -0.15) is 0 Å². The second-order valence-electron chi connectivity index (χ2n) is 8.34. The van der Waals surface area contributed by atoms with Gasteiger partial charge in [0.05, 0.1) is 5.75 Å². The molecule has 6 nitrogen and oxygen atoms in total. The number of nitrogens with zero attached hydrogens (tertiary/aromatic N) is 4. The summed E-state index contributed by atoms with van der Waals surface area (Å²) in [5.41, 5.74) is 2.15. The Morgan fingerprint density at radius 3 is 2.52 bits per heavy atom. The molecule has 4 rings (SSSR count). The number of amides is 1. The first kappa shape index (κ1) is 20.3. The lowest BCUT2D eigenvalue weighted by atomic mass is 10.00. The van der Waals surface area contributed by atoms with Crippen LogP contribution in [0.4, 0.5) is 11.6 Å². The molecule has 1 amide bonds. The van der Waals surface area contributed by atoms with E-state index in [1.807, 2.05) is 12.1 Å². The number of nitrogens with one attached hydrogen (secondary N) is 1. The van der Waals surface area contributed by atoms with Crippen molar-refractivity contribution in [3.05, 3.63) is 29.8 Å². The summed E-state index contributed by atoms with van der Waals surface area (Å²) in [5.74, 6) is 2.13. The molecule has 1 N–H and O–H groups in total. The lowest BCUT2D eigenvalue weighted by molar-refractivity contribution is -0.113. The summed E-state index contributed by atoms with van der Waals surface area (Å²) < 4.78 is 2.27. The van der Waals surface area contributed by atoms with Crippen LogP contribution in [0.25, 0.3) is 0 Å². The summed E-state index contributed by atoms with van der Waals surface area (Å²) in [6.45, 7) is 6.58. The smallest absolute Gasteiger partial charge is 0.234 e. The van der Waals surface area contributed by atoms with Crippen molar-refractivity contribution >= 4 is 29.3 Å². The van der Waals surface area contributed by atoms with Gasteiger partial charge in [0.1, 0.15) is 0 Å². The fourth-order valence-electron chi connectivity index (χ4n) is 3.81. The van der Waals surface area contributed by atoms with Crippen LogP contribution < -0.4 is 10.2 Å². The number of piperidine rings is 1. The highest BCUT2D eigenvalue weighted by molar-refractivity contribution is 7.99. The maximum absolute atomic E-state index is 12.4. The van der Waals surface area contributed by atoms with Crippen LogP contribution in [0.3, 0.4) is 0 Å². The normalized spacial score (nSPS) is 17.5. The van der Waals surface area contributed by atoms with Crippen LogP contribution in [0, 0.1) is 5.92 Å². The third-order valence-corrected chi connectivity index (χ3v) is 6.68. The minimum Gasteiger partial charge on any atom is -0.341 e. The molecule has 1 saturated carbocycles. The number of anilines is 2. The molecule has 0 unspecified atom stereocenters. The van der Waals surface area contributed by atoms with Gasteiger partial charge in [-0.15, -0.1) is 10.2 Å². The third kappa shape index (κ3) is 5.13. The lowest BCUT2D eigenvalue weighted by Crippen LogP contribution is -2.34. The predicted octanol–water partition coefficient (Wildman–Crippen LogP) is 4.53. The number of carbonyl (C=O) groups excluding carboxylic acids is 1. The van der Waals surface area contributed by atoms with Crippen molar-refractivity contribution in [3.8, 4) is 0 Å². The minimum atomic E-state index is -0.00284. The monoisotopic (exact) mass is 413 g/mol. The maximum Gasteiger partial charge on any atom is 0.234 e. The summed E-state index contributed by atoms with van der Waals surface area (Å²) in [6.07, 6.45) is 6.97. The van der Waals surface area contributed by atoms with E-state index in [4.69, 9.17) is 0 Å². The zero-order valence-corrected chi connectivity index (χ0v) is 18.2. The number of thioether (sulfide) groups is 1. The number of aryl methyl sites for hydroxylation is 1. The molecule has 7 heteroatoms. The molecule has 156 valence electrons. The first-order chi connectivity index (χ1) is 14.1. The lowest BCUT2D eigenvalue weighted by Gasteiger charge is -2.31. The highest BCUT2D eigenvalue weighted by Crippen LogP contribution is 2.41. The highest BCUT2D eigenvalue weighted by Gasteiger charge is 2.32. The average molecular weight is 414 g/mol. The molecule has 1 aliphatic carbocycles. The van der Waals surface area contributed by atoms with Gasteiger partial charge in [-0.25, -0.2) is 0 Å². The van der Waals surface area contributed by atoms with Crippen LogP contribution in [-0.2, 0) is 11.2 Å². The Labute approximate surface area is 177 Å². The largest absolute Gasteiger partial charge is 0.341 e. The van der Waals surface area contributed by atoms with Crippen molar-refractivity contribution in [3.63, 3.8) is 0 Å². The van der Waals surface area contributed by atoms with Crippen LogP contribution in [-0.4, -0.2) is 39.5 Å². The van der Waals surface area contributed by atoms with E-state index in [-0.39, 0.29) is 5.91 Å². The summed E-state index contributed by atoms with van der Waals surface area (Å²) in [5, 5.41) is 12.8. The van der Waals surface area contributed by atoms with E-state index in [0.717, 1.165) is 48.6 Å². The standard InChI is InChI=1S/C22H31N5OS/c1-3-4-17-5-7-18(8-6-17)23-20(28)15-29-22-25-24-21(27(22)19-9-10-19)26-13-11-16(2)12-14-26/h5-8,16,19H,3-4,9-15H2,1-2H3,(H,23,28). The fraction of sp³-hybridized carbons (Fsp3) is 0.591. The molecule has 1 aromatic carbocycles. The van der Waals surface area contributed by atoms with Gasteiger partial charge < -0.3 is 10.2 Å². The van der Waals surface area contributed by atoms with Crippen molar-refractivity contribution in [2.24, 2.45) is 5.92 Å². The van der Waals surface area contributed by atoms with Crippen LogP contribution in [0.15, 0.2) is 29.4 Å². The van der Waals surface area contributed by atoms with E-state index < -0.39 is 0 Å². The van der Waals surface area contributed by atoms with Gasteiger partial charge in [-0.3, -0.25) is 9.36 Å². The zero-order valence-electron chi connectivity index (χ0n) is 17.4. The van der Waals surface area contributed by atoms with Gasteiger partial charge in [-0.05, 0) is 55.7 Å². The van der Waals surface area contributed by atoms with Crippen LogP contribution >= 0.6 is 11.8 Å². The Hall–Kier alpha value is -2.02. The number of hydrogen-bond donors (Lipinski definition) is 1. The number of benzene rings is 1. The second-order valence-corrected chi connectivity index (χ2v) is 9.28. The van der Waals surface area contributed by atoms with Gasteiger partial charge in [0.15, 0.2) is 5.16 Å². The minimum absolute atomic E-state index is 0.00284. The fourth-order valence-corrected chi connectivity index (χ4v) is 4.62. The van der Waals surface area contributed by atoms with Gasteiger partial charge in [0, 0.05) is 24.8 Å². The van der Waals surface area contributed by atoms with Gasteiger partial charge >= 0.3 is 0 Å². The molecular weight excluding hydrogens is 382 g/mol. The summed E-state index contributed by atoms with van der Waals surface area (Å²) in [6, 6.07) is 8.63. The van der Waals surface area contributed by atoms with Gasteiger partial charge in [-0.1, -0.05) is 44.2 Å². The Morgan fingerprint density at radius 1 is 1.14 bits per heavy atom. The van der Waals surface area contributed by atoms with Gasteiger partial charge in [0.2, 0.25) is 11.9 Å². The molecule has 0 atom stereocenters. The van der Waals surface area contributed by atoms with Crippen LogP contribution in [0.2, 0.25) is 0 Å². The van der Waals surface area contributed by atoms with Crippen LogP contribution in [0.1, 0.15) is 57.6 Å². The summed E-state index contributed by atoms with van der Waals surface area (Å²) in [4.78, 5) is 14.8. The van der Waals surface area contributed by atoms with E-state index >= 15 is 0 Å². The first-order valence-electron chi connectivity index (χ1n) is 10.9. The second kappa shape index (κ2) is 9.20. The van der Waals surface area contributed by atoms with E-state index in [1.54, 1.807) is 0 Å². The van der Waals surface area contributed by atoms with E-state index in [9.17, 15) is 4.79 Å². The number of rotatable bonds is 8. The van der Waals surface area contributed by atoms with Crippen LogP contribution in [0.5, 0.6) is 0 Å². The number of aromatic nitrogens is 3. The van der Waals surface area contributed by atoms with Crippen molar-refractivity contribution < 1.29 is 4.79 Å². The molecule has 29 heavy (non-hydrogen) atoms. The average Bonchev–Trinajstić information content (AvgIpc) is 3.48. The van der Waals surface area contributed by atoms with E-state index in [1.165, 1.54) is 43.0 Å². The Balaban J connectivity index is 1.36. The Kier molecular flexibility index (Phi) is 6.43. The molecule has 1 saturated heterocycles. The molecule has 2 fully saturated rings. The molecule has 2 aliphatic rings. The molecule has 0 radical (unpaired) electrons. The van der Waals surface area contributed by atoms with Crippen molar-refractivity contribution in [2.45, 2.75) is 63.6 Å². The predicted molar refractivity (Wildman–Crippen MR) is 119 cm³/mol. The Bertz CT molecular complexity index is 822. The van der Waals surface area contributed by atoms with Crippen molar-refractivity contribution in [1.82, 2.24) is 14.8 Å². The highest BCUT2D eigenvalue weighted by atomic mass is 32.2. The first-order valence-corrected chi connectivity index (χ1v) is 11.8. The molecule has 2 heterocycles. The zero-order chi connectivity index (χ0) is 20.2. The van der Waals surface area contributed by atoms with E-state index in [2.05, 4.69) is 51.0 Å². The number of carbonyl (C=O) groups is 1.